The van der Waals surface area contributed by atoms with E-state index in [-0.39, 0.29) is 25.7 Å². The minimum atomic E-state index is -0.163. The molecule has 0 saturated carbocycles. The van der Waals surface area contributed by atoms with E-state index in [4.69, 9.17) is 21.4 Å². The van der Waals surface area contributed by atoms with Gasteiger partial charge in [-0.05, 0) is 19.9 Å². The summed E-state index contributed by atoms with van der Waals surface area (Å²) in [6, 6.07) is 7.38. The van der Waals surface area contributed by atoms with Crippen molar-refractivity contribution in [3.05, 3.63) is 46.2 Å². The van der Waals surface area contributed by atoms with Gasteiger partial charge in [-0.15, -0.1) is 0 Å². The molecule has 1 amide bonds. The number of halogens is 1. The quantitative estimate of drug-likeness (QED) is 0.808. The fourth-order valence-corrected chi connectivity index (χ4v) is 2.30. The van der Waals surface area contributed by atoms with Crippen molar-refractivity contribution in [3.8, 4) is 5.75 Å². The van der Waals surface area contributed by atoms with Crippen molar-refractivity contribution in [2.45, 2.75) is 26.9 Å². The van der Waals surface area contributed by atoms with Crippen LogP contribution >= 0.6 is 11.6 Å². The highest BCUT2D eigenvalue weighted by Crippen LogP contribution is 2.19. The molecule has 6 nitrogen and oxygen atoms in total. The normalized spacial score (nSPS) is 10.6. The van der Waals surface area contributed by atoms with Crippen molar-refractivity contribution in [2.24, 2.45) is 0 Å². The summed E-state index contributed by atoms with van der Waals surface area (Å²) in [5, 5.41) is 16.5. The zero-order valence-electron chi connectivity index (χ0n) is 13.2. The van der Waals surface area contributed by atoms with Gasteiger partial charge in [0.1, 0.15) is 18.9 Å². The van der Waals surface area contributed by atoms with E-state index in [0.29, 0.717) is 23.0 Å². The molecular formula is C16H20ClN3O3. The first kappa shape index (κ1) is 17.3. The molecule has 23 heavy (non-hydrogen) atoms. The third-order valence-electron chi connectivity index (χ3n) is 3.38. The number of aliphatic hydroxyl groups is 1. The van der Waals surface area contributed by atoms with E-state index in [1.165, 1.54) is 0 Å². The van der Waals surface area contributed by atoms with Gasteiger partial charge in [0.05, 0.1) is 23.0 Å². The Bertz CT molecular complexity index is 685. The fraction of sp³-hybridized carbons (Fsp3) is 0.375. The van der Waals surface area contributed by atoms with E-state index in [1.807, 2.05) is 25.1 Å². The molecule has 0 spiro atoms. The second kappa shape index (κ2) is 7.99. The number of aryl methyl sites for hydroxylation is 1. The van der Waals surface area contributed by atoms with Gasteiger partial charge in [-0.1, -0.05) is 29.8 Å². The molecule has 0 aliphatic carbocycles. The Labute approximate surface area is 140 Å². The van der Waals surface area contributed by atoms with Crippen LogP contribution in [-0.4, -0.2) is 34.0 Å². The molecule has 2 N–H and O–H groups in total. The molecule has 0 aliphatic heterocycles. The van der Waals surface area contributed by atoms with Gasteiger partial charge in [-0.25, -0.2) is 0 Å². The molecule has 2 aromatic rings. The molecule has 0 fully saturated rings. The molecular weight excluding hydrogens is 318 g/mol. The van der Waals surface area contributed by atoms with Gasteiger partial charge in [-0.3, -0.25) is 9.48 Å². The van der Waals surface area contributed by atoms with Gasteiger partial charge in [0.15, 0.2) is 0 Å². The average molecular weight is 338 g/mol. The molecule has 0 atom stereocenters. The summed E-state index contributed by atoms with van der Waals surface area (Å²) in [4.78, 5) is 12.1. The van der Waals surface area contributed by atoms with E-state index >= 15 is 0 Å². The molecule has 0 radical (unpaired) electrons. The van der Waals surface area contributed by atoms with Gasteiger partial charge in [-0.2, -0.15) is 5.10 Å². The van der Waals surface area contributed by atoms with Crippen LogP contribution in [0.15, 0.2) is 24.3 Å². The van der Waals surface area contributed by atoms with E-state index in [0.717, 1.165) is 11.3 Å². The summed E-state index contributed by atoms with van der Waals surface area (Å²) in [6.07, 6.45) is 0. The minimum Gasteiger partial charge on any atom is -0.491 e. The first-order valence-electron chi connectivity index (χ1n) is 7.30. The van der Waals surface area contributed by atoms with E-state index in [1.54, 1.807) is 17.7 Å². The number of carbonyl (C=O) groups excluding carboxylic acids is 1. The maximum Gasteiger partial charge on any atom is 0.242 e. The number of carbonyl (C=O) groups is 1. The number of aromatic nitrogens is 2. The second-order valence-corrected chi connectivity index (χ2v) is 5.48. The largest absolute Gasteiger partial charge is 0.491 e. The summed E-state index contributed by atoms with van der Waals surface area (Å²) in [7, 11) is 0. The summed E-state index contributed by atoms with van der Waals surface area (Å²) in [5.41, 5.74) is 2.33. The van der Waals surface area contributed by atoms with Crippen LogP contribution in [0, 0.1) is 13.8 Å². The van der Waals surface area contributed by atoms with Gasteiger partial charge in [0, 0.05) is 12.1 Å². The van der Waals surface area contributed by atoms with Crippen molar-refractivity contribution in [1.82, 2.24) is 15.1 Å². The number of benzene rings is 1. The Morgan fingerprint density at radius 2 is 2.13 bits per heavy atom. The van der Waals surface area contributed by atoms with Gasteiger partial charge in [0.2, 0.25) is 5.91 Å². The maximum absolute atomic E-state index is 12.1. The number of para-hydroxylation sites is 1. The van der Waals surface area contributed by atoms with E-state index in [9.17, 15) is 4.79 Å². The van der Waals surface area contributed by atoms with Gasteiger partial charge < -0.3 is 15.2 Å². The minimum absolute atomic E-state index is 0.0562. The van der Waals surface area contributed by atoms with Gasteiger partial charge in [0.25, 0.3) is 0 Å². The monoisotopic (exact) mass is 337 g/mol. The number of hydrogen-bond donors (Lipinski definition) is 2. The van der Waals surface area contributed by atoms with Crippen LogP contribution in [0.25, 0.3) is 0 Å². The lowest BCUT2D eigenvalue weighted by molar-refractivity contribution is -0.122. The highest BCUT2D eigenvalue weighted by molar-refractivity contribution is 6.31. The van der Waals surface area contributed by atoms with Crippen LogP contribution in [0.2, 0.25) is 5.02 Å². The fourth-order valence-electron chi connectivity index (χ4n) is 2.16. The van der Waals surface area contributed by atoms with Crippen molar-refractivity contribution >= 4 is 17.5 Å². The van der Waals surface area contributed by atoms with Gasteiger partial charge >= 0.3 is 0 Å². The van der Waals surface area contributed by atoms with E-state index < -0.39 is 0 Å². The lowest BCUT2D eigenvalue weighted by Crippen LogP contribution is -2.28. The Kier molecular flexibility index (Phi) is 6.01. The van der Waals surface area contributed by atoms with Crippen molar-refractivity contribution in [1.29, 1.82) is 0 Å². The molecule has 0 unspecified atom stereocenters. The Balaban J connectivity index is 1.95. The van der Waals surface area contributed by atoms with Crippen molar-refractivity contribution in [3.63, 3.8) is 0 Å². The number of aliphatic hydroxyl groups excluding tert-OH is 1. The molecule has 7 heteroatoms. The SMILES string of the molecule is Cc1nn(CC(=O)NCc2ccccc2OCCO)c(C)c1Cl. The molecule has 124 valence electrons. The topological polar surface area (TPSA) is 76.4 Å². The molecule has 1 aromatic carbocycles. The van der Waals surface area contributed by atoms with Crippen LogP contribution in [0.3, 0.4) is 0 Å². The summed E-state index contributed by atoms with van der Waals surface area (Å²) < 4.78 is 7.02. The Hall–Kier alpha value is -2.05. The highest BCUT2D eigenvalue weighted by atomic mass is 35.5. The number of nitrogens with one attached hydrogen (secondary N) is 1. The summed E-state index contributed by atoms with van der Waals surface area (Å²) >= 11 is 6.07. The summed E-state index contributed by atoms with van der Waals surface area (Å²) in [6.45, 7) is 4.24. The maximum atomic E-state index is 12.1. The lowest BCUT2D eigenvalue weighted by atomic mass is 10.2. The van der Waals surface area contributed by atoms with Crippen LogP contribution < -0.4 is 10.1 Å². The first-order chi connectivity index (χ1) is 11.0. The molecule has 1 aromatic heterocycles. The zero-order valence-corrected chi connectivity index (χ0v) is 13.9. The molecule has 0 aliphatic rings. The average Bonchev–Trinajstić information content (AvgIpc) is 2.78. The van der Waals surface area contributed by atoms with Crippen molar-refractivity contribution < 1.29 is 14.6 Å². The third-order valence-corrected chi connectivity index (χ3v) is 3.93. The third kappa shape index (κ3) is 4.46. The first-order valence-corrected chi connectivity index (χ1v) is 7.68. The predicted molar refractivity (Wildman–Crippen MR) is 87.6 cm³/mol. The number of amides is 1. The Morgan fingerprint density at radius 1 is 1.39 bits per heavy atom. The number of nitrogens with zero attached hydrogens (tertiary/aromatic N) is 2. The van der Waals surface area contributed by atoms with Crippen molar-refractivity contribution in [2.75, 3.05) is 13.2 Å². The van der Waals surface area contributed by atoms with Crippen LogP contribution in [0.1, 0.15) is 17.0 Å². The van der Waals surface area contributed by atoms with Crippen LogP contribution in [0.4, 0.5) is 0 Å². The molecule has 0 bridgehead atoms. The Morgan fingerprint density at radius 3 is 2.78 bits per heavy atom. The molecule has 0 saturated heterocycles. The smallest absolute Gasteiger partial charge is 0.242 e. The van der Waals surface area contributed by atoms with Crippen LogP contribution in [-0.2, 0) is 17.9 Å². The standard InChI is InChI=1S/C16H20ClN3O3/c1-11-16(17)12(2)20(19-11)10-15(22)18-9-13-5-3-4-6-14(13)23-8-7-21/h3-6,21H,7-10H2,1-2H3,(H,18,22). The lowest BCUT2D eigenvalue weighted by Gasteiger charge is -2.12. The number of ether oxygens (including phenoxy) is 1. The number of rotatable bonds is 7. The second-order valence-electron chi connectivity index (χ2n) is 5.10. The van der Waals surface area contributed by atoms with E-state index in [2.05, 4.69) is 10.4 Å². The summed E-state index contributed by atoms with van der Waals surface area (Å²) in [5.74, 6) is 0.486. The highest BCUT2D eigenvalue weighted by Gasteiger charge is 2.12. The zero-order chi connectivity index (χ0) is 16.8. The molecule has 2 rings (SSSR count). The number of hydrogen-bond acceptors (Lipinski definition) is 4. The molecule has 1 heterocycles. The predicted octanol–water partition coefficient (Wildman–Crippen LogP) is 1.84. The van der Waals surface area contributed by atoms with Crippen LogP contribution in [0.5, 0.6) is 5.75 Å².